The fourth-order valence-electron chi connectivity index (χ4n) is 4.66. The van der Waals surface area contributed by atoms with Crippen LogP contribution in [0.3, 0.4) is 0 Å². The van der Waals surface area contributed by atoms with Crippen molar-refractivity contribution in [3.05, 3.63) is 95.6 Å². The van der Waals surface area contributed by atoms with Crippen molar-refractivity contribution in [2.24, 2.45) is 0 Å². The van der Waals surface area contributed by atoms with Gasteiger partial charge in [0, 0.05) is 18.4 Å². The van der Waals surface area contributed by atoms with Crippen molar-refractivity contribution in [1.29, 1.82) is 0 Å². The summed E-state index contributed by atoms with van der Waals surface area (Å²) in [6.07, 6.45) is -0.573. The van der Waals surface area contributed by atoms with Crippen molar-refractivity contribution in [3.8, 4) is 11.1 Å². The van der Waals surface area contributed by atoms with E-state index in [-0.39, 0.29) is 18.4 Å². The average Bonchev–Trinajstić information content (AvgIpc) is 3.06. The molecule has 1 saturated heterocycles. The first kappa shape index (κ1) is 18.4. The largest absolute Gasteiger partial charge is 0.480 e. The van der Waals surface area contributed by atoms with Gasteiger partial charge in [0.1, 0.15) is 12.6 Å². The zero-order valence-electron chi connectivity index (χ0n) is 16.3. The van der Waals surface area contributed by atoms with Gasteiger partial charge in [-0.15, -0.1) is 0 Å². The monoisotopic (exact) mass is 399 g/mol. The Morgan fingerprint density at radius 2 is 1.43 bits per heavy atom. The van der Waals surface area contributed by atoms with Crippen LogP contribution in [0.5, 0.6) is 0 Å². The van der Waals surface area contributed by atoms with Crippen LogP contribution in [0, 0.1) is 0 Å². The topological polar surface area (TPSA) is 66.8 Å². The number of carbonyl (C=O) groups is 2. The third kappa shape index (κ3) is 2.94. The number of likely N-dealkylation sites (tertiary alicyclic amines) is 1. The van der Waals surface area contributed by atoms with Crippen LogP contribution in [0.2, 0.25) is 0 Å². The second-order valence-electron chi connectivity index (χ2n) is 7.76. The van der Waals surface area contributed by atoms with Crippen molar-refractivity contribution in [2.45, 2.75) is 17.9 Å². The summed E-state index contributed by atoms with van der Waals surface area (Å²) in [5.41, 5.74) is 5.50. The summed E-state index contributed by atoms with van der Waals surface area (Å²) >= 11 is 0. The lowest BCUT2D eigenvalue weighted by Gasteiger charge is -2.44. The van der Waals surface area contributed by atoms with Crippen LogP contribution in [0.15, 0.2) is 78.9 Å². The Morgan fingerprint density at radius 3 is 2.03 bits per heavy atom. The fourth-order valence-corrected chi connectivity index (χ4v) is 4.66. The Morgan fingerprint density at radius 1 is 0.867 bits per heavy atom. The number of carbonyl (C=O) groups excluding carboxylic acids is 1. The zero-order chi connectivity index (χ0) is 20.7. The Balaban J connectivity index is 1.32. The van der Waals surface area contributed by atoms with E-state index in [9.17, 15) is 14.7 Å². The van der Waals surface area contributed by atoms with Crippen LogP contribution in [0.25, 0.3) is 11.1 Å². The van der Waals surface area contributed by atoms with Gasteiger partial charge in [-0.3, -0.25) is 4.90 Å². The number of benzene rings is 3. The van der Waals surface area contributed by atoms with Gasteiger partial charge in [-0.2, -0.15) is 0 Å². The molecule has 3 aromatic rings. The minimum atomic E-state index is -1.01. The Hall–Kier alpha value is -3.60. The first-order valence-electron chi connectivity index (χ1n) is 10.0. The first-order chi connectivity index (χ1) is 14.6. The summed E-state index contributed by atoms with van der Waals surface area (Å²) in [6.45, 7) is 0.531. The number of rotatable bonds is 4. The second kappa shape index (κ2) is 7.34. The number of amides is 1. The van der Waals surface area contributed by atoms with E-state index in [4.69, 9.17) is 4.74 Å². The lowest BCUT2D eigenvalue weighted by molar-refractivity contribution is -0.148. The number of hydrogen-bond acceptors (Lipinski definition) is 3. The number of ether oxygens (including phenoxy) is 1. The van der Waals surface area contributed by atoms with Crippen LogP contribution in [0.1, 0.15) is 28.5 Å². The molecule has 150 valence electrons. The maximum atomic E-state index is 12.7. The van der Waals surface area contributed by atoms with Gasteiger partial charge in [0.2, 0.25) is 0 Å². The average molecular weight is 399 g/mol. The summed E-state index contributed by atoms with van der Waals surface area (Å²) in [5, 5.41) is 9.67. The van der Waals surface area contributed by atoms with Gasteiger partial charge in [-0.1, -0.05) is 78.9 Å². The highest BCUT2D eigenvalue weighted by molar-refractivity contribution is 5.84. The van der Waals surface area contributed by atoms with Crippen molar-refractivity contribution >= 4 is 12.1 Å². The standard InChI is InChI=1S/C25H21NO4/c27-24(28)23-21(16-8-2-1-3-9-16)14-26(23)25(29)30-15-22-19-12-6-4-10-17(19)18-11-5-7-13-20(18)22/h1-13,21-23H,14-15H2,(H,27,28)/t21-,23+/m1/s1. The van der Waals surface area contributed by atoms with E-state index in [1.165, 1.54) is 4.90 Å². The molecule has 5 nitrogen and oxygen atoms in total. The molecule has 30 heavy (non-hydrogen) atoms. The summed E-state index contributed by atoms with van der Waals surface area (Å²) < 4.78 is 5.63. The highest BCUT2D eigenvalue weighted by atomic mass is 16.6. The number of fused-ring (bicyclic) bond motifs is 3. The molecule has 2 aliphatic rings. The molecule has 2 atom stereocenters. The van der Waals surface area contributed by atoms with Crippen LogP contribution in [-0.2, 0) is 9.53 Å². The first-order valence-corrected chi connectivity index (χ1v) is 10.0. The van der Waals surface area contributed by atoms with Crippen molar-refractivity contribution in [3.63, 3.8) is 0 Å². The number of hydrogen-bond donors (Lipinski definition) is 1. The molecule has 0 saturated carbocycles. The van der Waals surface area contributed by atoms with E-state index >= 15 is 0 Å². The third-order valence-corrected chi connectivity index (χ3v) is 6.16. The van der Waals surface area contributed by atoms with E-state index in [2.05, 4.69) is 24.3 Å². The molecular formula is C25H21NO4. The highest BCUT2D eigenvalue weighted by Gasteiger charge is 2.48. The molecule has 1 fully saturated rings. The van der Waals surface area contributed by atoms with Crippen molar-refractivity contribution in [2.75, 3.05) is 13.2 Å². The molecule has 0 aromatic heterocycles. The molecule has 5 heteroatoms. The van der Waals surface area contributed by atoms with E-state index < -0.39 is 18.1 Å². The van der Waals surface area contributed by atoms with Gasteiger partial charge in [-0.05, 0) is 27.8 Å². The molecule has 1 aliphatic carbocycles. The fraction of sp³-hybridized carbons (Fsp3) is 0.200. The second-order valence-corrected chi connectivity index (χ2v) is 7.76. The van der Waals surface area contributed by atoms with E-state index in [1.807, 2.05) is 54.6 Å². The van der Waals surface area contributed by atoms with Crippen LogP contribution in [-0.4, -0.2) is 41.3 Å². The number of nitrogens with zero attached hydrogens (tertiary/aromatic N) is 1. The van der Waals surface area contributed by atoms with Crippen molar-refractivity contribution in [1.82, 2.24) is 4.90 Å². The Kier molecular flexibility index (Phi) is 4.51. The van der Waals surface area contributed by atoms with E-state index in [0.29, 0.717) is 6.54 Å². The summed E-state index contributed by atoms with van der Waals surface area (Å²) in [5.74, 6) is -1.27. The predicted molar refractivity (Wildman–Crippen MR) is 112 cm³/mol. The molecule has 1 N–H and O–H groups in total. The zero-order valence-corrected chi connectivity index (χ0v) is 16.3. The lowest BCUT2D eigenvalue weighted by atomic mass is 9.83. The number of aliphatic carboxylic acids is 1. The molecule has 1 aliphatic heterocycles. The molecular weight excluding hydrogens is 378 g/mol. The van der Waals surface area contributed by atoms with Gasteiger partial charge in [0.25, 0.3) is 0 Å². The highest BCUT2D eigenvalue weighted by Crippen LogP contribution is 2.44. The molecule has 1 heterocycles. The minimum Gasteiger partial charge on any atom is -0.480 e. The summed E-state index contributed by atoms with van der Waals surface area (Å²) in [4.78, 5) is 25.9. The van der Waals surface area contributed by atoms with Gasteiger partial charge in [-0.25, -0.2) is 9.59 Å². The molecule has 0 spiro atoms. The maximum absolute atomic E-state index is 12.7. The number of carboxylic acid groups (broad SMARTS) is 1. The molecule has 0 bridgehead atoms. The van der Waals surface area contributed by atoms with Gasteiger partial charge in [0.05, 0.1) is 0 Å². The summed E-state index contributed by atoms with van der Waals surface area (Å²) in [7, 11) is 0. The SMILES string of the molecule is O=C(O)[C@@H]1[C@@H](c2ccccc2)CN1C(=O)OCC1c2ccccc2-c2ccccc21. The number of carboxylic acids is 1. The predicted octanol–water partition coefficient (Wildman–Crippen LogP) is 4.49. The molecule has 3 aromatic carbocycles. The molecule has 1 amide bonds. The van der Waals surface area contributed by atoms with Crippen LogP contribution >= 0.6 is 0 Å². The smallest absolute Gasteiger partial charge is 0.410 e. The van der Waals surface area contributed by atoms with Crippen LogP contribution in [0.4, 0.5) is 4.79 Å². The minimum absolute atomic E-state index is 0.0455. The lowest BCUT2D eigenvalue weighted by Crippen LogP contribution is -2.61. The van der Waals surface area contributed by atoms with E-state index in [0.717, 1.165) is 27.8 Å². The Bertz CT molecular complexity index is 1070. The third-order valence-electron chi connectivity index (χ3n) is 6.16. The normalized spacial score (nSPS) is 19.5. The van der Waals surface area contributed by atoms with Gasteiger partial charge < -0.3 is 9.84 Å². The van der Waals surface area contributed by atoms with Gasteiger partial charge in [0.15, 0.2) is 0 Å². The quantitative estimate of drug-likeness (QED) is 0.702. The summed E-state index contributed by atoms with van der Waals surface area (Å²) in [6, 6.07) is 24.8. The maximum Gasteiger partial charge on any atom is 0.410 e. The molecule has 0 radical (unpaired) electrons. The molecule has 0 unspecified atom stereocenters. The van der Waals surface area contributed by atoms with Gasteiger partial charge >= 0.3 is 12.1 Å². The molecule has 5 rings (SSSR count). The van der Waals surface area contributed by atoms with E-state index in [1.54, 1.807) is 0 Å². The Labute approximate surface area is 174 Å². The van der Waals surface area contributed by atoms with Crippen LogP contribution < -0.4 is 0 Å². The van der Waals surface area contributed by atoms with Crippen molar-refractivity contribution < 1.29 is 19.4 Å².